The molecule has 0 saturated heterocycles. The molecule has 0 bridgehead atoms. The Balaban J connectivity index is 2.10. The Morgan fingerprint density at radius 2 is 1.81 bits per heavy atom. The maximum Gasteiger partial charge on any atom is 0.168 e. The minimum absolute atomic E-state index is 0.248. The van der Waals surface area contributed by atoms with E-state index < -0.39 is 0 Å². The summed E-state index contributed by atoms with van der Waals surface area (Å²) in [7, 11) is 1.49. The predicted octanol–water partition coefficient (Wildman–Crippen LogP) is 5.39. The van der Waals surface area contributed by atoms with Crippen LogP contribution in [0.1, 0.15) is 11.1 Å². The molecule has 1 nitrogen and oxygen atoms in total. The van der Waals surface area contributed by atoms with Gasteiger partial charge in [0.1, 0.15) is 0 Å². The monoisotopic (exact) mass is 414 g/mol. The van der Waals surface area contributed by atoms with Crippen LogP contribution in [0.3, 0.4) is 0 Å². The molecule has 4 heteroatoms. The average Bonchev–Trinajstić information content (AvgIpc) is 2.50. The predicted molar refractivity (Wildman–Crippen MR) is 91.8 cm³/mol. The summed E-state index contributed by atoms with van der Waals surface area (Å²) < 4.78 is 20.3. The Bertz CT molecular complexity index is 584. The van der Waals surface area contributed by atoms with Crippen molar-refractivity contribution in [1.29, 1.82) is 0 Å². The molecule has 21 heavy (non-hydrogen) atoms. The van der Waals surface area contributed by atoms with Crippen LogP contribution in [-0.4, -0.2) is 12.4 Å². The highest BCUT2D eigenvalue weighted by Crippen LogP contribution is 2.24. The van der Waals surface area contributed by atoms with Gasteiger partial charge in [-0.15, -0.1) is 0 Å². The van der Waals surface area contributed by atoms with Crippen LogP contribution in [0.5, 0.6) is 5.75 Å². The molecule has 0 aliphatic carbocycles. The second-order valence-electron chi connectivity index (χ2n) is 4.99. The molecule has 0 saturated carbocycles. The average molecular weight is 416 g/mol. The van der Waals surface area contributed by atoms with E-state index in [2.05, 4.69) is 44.0 Å². The molecule has 112 valence electrons. The lowest BCUT2D eigenvalue weighted by Crippen LogP contribution is -2.11. The highest BCUT2D eigenvalue weighted by molar-refractivity contribution is 9.10. The number of halogens is 3. The molecule has 0 aliphatic heterocycles. The molecular weight excluding hydrogens is 399 g/mol. The molecular formula is C17H17Br2FO. The van der Waals surface area contributed by atoms with E-state index in [0.717, 1.165) is 16.2 Å². The van der Waals surface area contributed by atoms with Crippen LogP contribution in [0.15, 0.2) is 46.9 Å². The third-order valence-electron chi connectivity index (χ3n) is 3.43. The number of ether oxygens (including phenoxy) is 1. The number of hydrogen-bond acceptors (Lipinski definition) is 1. The van der Waals surface area contributed by atoms with Gasteiger partial charge in [0.05, 0.1) is 7.11 Å². The van der Waals surface area contributed by atoms with Gasteiger partial charge < -0.3 is 4.74 Å². The summed E-state index contributed by atoms with van der Waals surface area (Å²) in [6, 6.07) is 13.6. The van der Waals surface area contributed by atoms with Crippen molar-refractivity contribution in [2.24, 2.45) is 5.92 Å². The molecule has 0 amide bonds. The Morgan fingerprint density at radius 1 is 1.10 bits per heavy atom. The van der Waals surface area contributed by atoms with E-state index in [-0.39, 0.29) is 5.82 Å². The van der Waals surface area contributed by atoms with Gasteiger partial charge in [0.15, 0.2) is 11.6 Å². The van der Waals surface area contributed by atoms with Gasteiger partial charge >= 0.3 is 0 Å². The van der Waals surface area contributed by atoms with Gasteiger partial charge in [-0.3, -0.25) is 0 Å². The largest absolute Gasteiger partial charge is 0.494 e. The molecule has 2 aromatic carbocycles. The van der Waals surface area contributed by atoms with Crippen LogP contribution in [0.2, 0.25) is 0 Å². The van der Waals surface area contributed by atoms with Gasteiger partial charge in [0.2, 0.25) is 0 Å². The summed E-state index contributed by atoms with van der Waals surface area (Å²) in [5.74, 6) is 0.402. The molecule has 2 aromatic rings. The SMILES string of the molecule is COc1cccc(CC(CBr)Cc2ccc(Br)cc2)c1F. The van der Waals surface area contributed by atoms with Crippen molar-refractivity contribution < 1.29 is 9.13 Å². The van der Waals surface area contributed by atoms with Crippen molar-refractivity contribution in [2.75, 3.05) is 12.4 Å². The second-order valence-corrected chi connectivity index (χ2v) is 6.55. The summed E-state index contributed by atoms with van der Waals surface area (Å²) in [5, 5.41) is 0.833. The Morgan fingerprint density at radius 3 is 2.43 bits per heavy atom. The van der Waals surface area contributed by atoms with E-state index in [1.807, 2.05) is 24.3 Å². The maximum atomic E-state index is 14.2. The molecule has 0 heterocycles. The fraction of sp³-hybridized carbons (Fsp3) is 0.294. The van der Waals surface area contributed by atoms with Crippen molar-refractivity contribution in [3.8, 4) is 5.75 Å². The van der Waals surface area contributed by atoms with Crippen molar-refractivity contribution in [1.82, 2.24) is 0 Å². The quantitative estimate of drug-likeness (QED) is 0.574. The minimum Gasteiger partial charge on any atom is -0.494 e. The van der Waals surface area contributed by atoms with E-state index in [9.17, 15) is 4.39 Å². The fourth-order valence-electron chi connectivity index (χ4n) is 2.32. The van der Waals surface area contributed by atoms with Crippen LogP contribution in [0.4, 0.5) is 4.39 Å². The molecule has 0 radical (unpaired) electrons. The van der Waals surface area contributed by atoms with Crippen molar-refractivity contribution in [3.05, 3.63) is 63.9 Å². The first-order valence-electron chi connectivity index (χ1n) is 6.75. The Labute approximate surface area is 141 Å². The normalized spacial score (nSPS) is 12.2. The highest BCUT2D eigenvalue weighted by atomic mass is 79.9. The standard InChI is InChI=1S/C17H17Br2FO/c1-21-16-4-2-3-14(17(16)20)10-13(11-18)9-12-5-7-15(19)8-6-12/h2-8,13H,9-11H2,1H3. The Hall–Kier alpha value is -0.870. The fourth-order valence-corrected chi connectivity index (χ4v) is 3.04. The van der Waals surface area contributed by atoms with Crippen LogP contribution in [0.25, 0.3) is 0 Å². The molecule has 0 aromatic heterocycles. The topological polar surface area (TPSA) is 9.23 Å². The van der Waals surface area contributed by atoms with E-state index >= 15 is 0 Å². The lowest BCUT2D eigenvalue weighted by atomic mass is 9.94. The number of hydrogen-bond donors (Lipinski definition) is 0. The first-order chi connectivity index (χ1) is 10.1. The van der Waals surface area contributed by atoms with Gasteiger partial charge in [-0.05, 0) is 48.1 Å². The minimum atomic E-state index is -0.248. The third kappa shape index (κ3) is 4.55. The van der Waals surface area contributed by atoms with Crippen molar-refractivity contribution in [2.45, 2.75) is 12.8 Å². The summed E-state index contributed by atoms with van der Waals surface area (Å²) in [5.41, 5.74) is 1.96. The van der Waals surface area contributed by atoms with E-state index in [4.69, 9.17) is 4.74 Å². The van der Waals surface area contributed by atoms with Crippen LogP contribution < -0.4 is 4.74 Å². The van der Waals surface area contributed by atoms with Crippen molar-refractivity contribution in [3.63, 3.8) is 0 Å². The number of methoxy groups -OCH3 is 1. The Kier molecular flexibility index (Phi) is 6.24. The van der Waals surface area contributed by atoms with Crippen molar-refractivity contribution >= 4 is 31.9 Å². The summed E-state index contributed by atoms with van der Waals surface area (Å²) in [4.78, 5) is 0. The van der Waals surface area contributed by atoms with Gasteiger partial charge in [-0.25, -0.2) is 4.39 Å². The van der Waals surface area contributed by atoms with Crippen LogP contribution >= 0.6 is 31.9 Å². The molecule has 1 atom stereocenters. The molecule has 1 unspecified atom stereocenters. The lowest BCUT2D eigenvalue weighted by Gasteiger charge is -2.16. The molecule has 0 spiro atoms. The van der Waals surface area contributed by atoms with Crippen LogP contribution in [-0.2, 0) is 12.8 Å². The first kappa shape index (κ1) is 16.5. The number of benzene rings is 2. The van der Waals surface area contributed by atoms with Crippen LogP contribution in [0, 0.1) is 11.7 Å². The molecule has 0 fully saturated rings. The molecule has 0 N–H and O–H groups in total. The summed E-state index contributed by atoms with van der Waals surface area (Å²) in [6.45, 7) is 0. The zero-order valence-electron chi connectivity index (χ0n) is 11.8. The highest BCUT2D eigenvalue weighted by Gasteiger charge is 2.14. The smallest absolute Gasteiger partial charge is 0.168 e. The second kappa shape index (κ2) is 7.95. The number of rotatable bonds is 6. The lowest BCUT2D eigenvalue weighted by molar-refractivity contribution is 0.382. The van der Waals surface area contributed by atoms with E-state index in [1.165, 1.54) is 12.7 Å². The van der Waals surface area contributed by atoms with E-state index in [0.29, 0.717) is 23.7 Å². The van der Waals surface area contributed by atoms with E-state index in [1.54, 1.807) is 6.07 Å². The van der Waals surface area contributed by atoms with Gasteiger partial charge in [0.25, 0.3) is 0 Å². The van der Waals surface area contributed by atoms with Gasteiger partial charge in [0, 0.05) is 9.80 Å². The number of alkyl halides is 1. The maximum absolute atomic E-state index is 14.2. The zero-order valence-corrected chi connectivity index (χ0v) is 15.0. The first-order valence-corrected chi connectivity index (χ1v) is 8.67. The van der Waals surface area contributed by atoms with Gasteiger partial charge in [-0.2, -0.15) is 0 Å². The third-order valence-corrected chi connectivity index (χ3v) is 4.87. The summed E-state index contributed by atoms with van der Waals surface area (Å²) in [6.07, 6.45) is 1.60. The summed E-state index contributed by atoms with van der Waals surface area (Å²) >= 11 is 6.98. The molecule has 2 rings (SSSR count). The van der Waals surface area contributed by atoms with Gasteiger partial charge in [-0.1, -0.05) is 56.1 Å². The molecule has 0 aliphatic rings. The zero-order chi connectivity index (χ0) is 15.2.